The van der Waals surface area contributed by atoms with Gasteiger partial charge in [-0.1, -0.05) is 18.2 Å². The average Bonchev–Trinajstić information content (AvgIpc) is 2.34. The molecule has 5 heteroatoms. The number of aryl methyl sites for hydroxylation is 2. The number of β-amino-alcohol motifs (C(OH)–C–C–N with tert-alkyl or cyclic N) is 1. The first-order valence-corrected chi connectivity index (χ1v) is 7.11. The van der Waals surface area contributed by atoms with E-state index in [2.05, 4.69) is 5.32 Å². The van der Waals surface area contributed by atoms with Crippen molar-refractivity contribution in [2.45, 2.75) is 45.8 Å². The van der Waals surface area contributed by atoms with Crippen LogP contribution in [-0.4, -0.2) is 35.8 Å². The summed E-state index contributed by atoms with van der Waals surface area (Å²) in [6.07, 6.45) is -0.437. The lowest BCUT2D eigenvalue weighted by atomic mass is 10.00. The van der Waals surface area contributed by atoms with Crippen LogP contribution in [0.4, 0.5) is 0 Å². The number of rotatable bonds is 8. The molecule has 21 heavy (non-hydrogen) atoms. The number of hydrogen-bond acceptors (Lipinski definition) is 4. The van der Waals surface area contributed by atoms with Gasteiger partial charge >= 0.3 is 0 Å². The topological polar surface area (TPSA) is 84.6 Å². The number of aliphatic hydroxyl groups is 1. The Balaban J connectivity index is 2.44. The van der Waals surface area contributed by atoms with Crippen molar-refractivity contribution in [2.75, 3.05) is 13.2 Å². The molecule has 4 N–H and O–H groups in total. The molecule has 0 aliphatic carbocycles. The Kier molecular flexibility index (Phi) is 6.18. The van der Waals surface area contributed by atoms with Gasteiger partial charge in [0.05, 0.1) is 0 Å². The molecule has 5 nitrogen and oxygen atoms in total. The van der Waals surface area contributed by atoms with Gasteiger partial charge < -0.3 is 20.9 Å². The minimum absolute atomic E-state index is 0.200. The first-order valence-electron chi connectivity index (χ1n) is 7.11. The Labute approximate surface area is 126 Å². The molecule has 0 fully saturated rings. The standard InChI is InChI=1S/C16H26N2O3/c1-11-6-5-7-12(2)15(11)21-10-13(19)9-18-16(3,4)8-14(17)20/h5-7,13,18-19H,8-10H2,1-4H3,(H2,17,20). The summed E-state index contributed by atoms with van der Waals surface area (Å²) < 4.78 is 5.69. The molecule has 1 atom stereocenters. The Hall–Kier alpha value is -1.59. The zero-order valence-electron chi connectivity index (χ0n) is 13.3. The highest BCUT2D eigenvalue weighted by atomic mass is 16.5. The Morgan fingerprint density at radius 1 is 1.38 bits per heavy atom. The first-order chi connectivity index (χ1) is 9.71. The second kappa shape index (κ2) is 7.43. The minimum Gasteiger partial charge on any atom is -0.490 e. The molecule has 0 aliphatic heterocycles. The molecule has 118 valence electrons. The van der Waals surface area contributed by atoms with Crippen molar-refractivity contribution in [1.29, 1.82) is 0 Å². The van der Waals surface area contributed by atoms with Crippen molar-refractivity contribution in [2.24, 2.45) is 5.73 Å². The fourth-order valence-electron chi connectivity index (χ4n) is 2.16. The van der Waals surface area contributed by atoms with E-state index in [4.69, 9.17) is 10.5 Å². The van der Waals surface area contributed by atoms with Crippen LogP contribution in [-0.2, 0) is 4.79 Å². The number of carbonyl (C=O) groups is 1. The largest absolute Gasteiger partial charge is 0.490 e. The molecule has 1 aromatic rings. The molecule has 0 radical (unpaired) electrons. The molecule has 0 aliphatic rings. The van der Waals surface area contributed by atoms with Crippen molar-refractivity contribution in [3.05, 3.63) is 29.3 Å². The lowest BCUT2D eigenvalue weighted by molar-refractivity contribution is -0.119. The monoisotopic (exact) mass is 294 g/mol. The average molecular weight is 294 g/mol. The smallest absolute Gasteiger partial charge is 0.219 e. The van der Waals surface area contributed by atoms with E-state index in [0.29, 0.717) is 6.54 Å². The van der Waals surface area contributed by atoms with Crippen molar-refractivity contribution < 1.29 is 14.6 Å². The summed E-state index contributed by atoms with van der Waals surface area (Å²) in [4.78, 5) is 10.9. The summed E-state index contributed by atoms with van der Waals surface area (Å²) in [5.41, 5.74) is 6.84. The number of primary amides is 1. The molecule has 0 spiro atoms. The molecule has 0 saturated carbocycles. The SMILES string of the molecule is Cc1cccc(C)c1OCC(O)CNC(C)(C)CC(N)=O. The number of para-hydroxylation sites is 1. The number of carbonyl (C=O) groups excluding carboxylic acids is 1. The number of amides is 1. The molecule has 0 saturated heterocycles. The van der Waals surface area contributed by atoms with Gasteiger partial charge in [0, 0.05) is 18.5 Å². The highest BCUT2D eigenvalue weighted by Crippen LogP contribution is 2.22. The fourth-order valence-corrected chi connectivity index (χ4v) is 2.16. The number of aliphatic hydroxyl groups excluding tert-OH is 1. The molecule has 1 unspecified atom stereocenters. The molecule has 0 bridgehead atoms. The molecule has 1 amide bonds. The van der Waals surface area contributed by atoms with Crippen LogP contribution in [0.2, 0.25) is 0 Å². The molecule has 1 rings (SSSR count). The van der Waals surface area contributed by atoms with Crippen molar-refractivity contribution in [3.63, 3.8) is 0 Å². The third kappa shape index (κ3) is 6.14. The molecule has 0 aromatic heterocycles. The van der Waals surface area contributed by atoms with Gasteiger partial charge in [-0.05, 0) is 38.8 Å². The third-order valence-corrected chi connectivity index (χ3v) is 3.26. The lowest BCUT2D eigenvalue weighted by Crippen LogP contribution is -2.46. The van der Waals surface area contributed by atoms with Gasteiger partial charge in [-0.2, -0.15) is 0 Å². The van der Waals surface area contributed by atoms with Crippen LogP contribution in [0, 0.1) is 13.8 Å². The van der Waals surface area contributed by atoms with Gasteiger partial charge in [-0.15, -0.1) is 0 Å². The molecule has 1 aromatic carbocycles. The van der Waals surface area contributed by atoms with Crippen LogP contribution < -0.4 is 15.8 Å². The van der Waals surface area contributed by atoms with Crippen LogP contribution in [0.5, 0.6) is 5.75 Å². The van der Waals surface area contributed by atoms with E-state index in [1.165, 1.54) is 0 Å². The number of benzene rings is 1. The second-order valence-corrected chi connectivity index (χ2v) is 6.09. The second-order valence-electron chi connectivity index (χ2n) is 6.09. The Morgan fingerprint density at radius 2 is 1.95 bits per heavy atom. The summed E-state index contributed by atoms with van der Waals surface area (Å²) in [5, 5.41) is 13.1. The van der Waals surface area contributed by atoms with Gasteiger partial charge in [-0.3, -0.25) is 4.79 Å². The number of ether oxygens (including phenoxy) is 1. The van der Waals surface area contributed by atoms with Crippen LogP contribution >= 0.6 is 0 Å². The summed E-state index contributed by atoms with van der Waals surface area (Å²) in [5.74, 6) is 0.446. The predicted molar refractivity (Wildman–Crippen MR) is 83.3 cm³/mol. The van der Waals surface area contributed by atoms with Crippen molar-refractivity contribution >= 4 is 5.91 Å². The predicted octanol–water partition coefficient (Wildman–Crippen LogP) is 1.29. The van der Waals surface area contributed by atoms with E-state index in [1.54, 1.807) is 0 Å². The van der Waals surface area contributed by atoms with Crippen molar-refractivity contribution in [3.8, 4) is 5.75 Å². The van der Waals surface area contributed by atoms with Gasteiger partial charge in [0.1, 0.15) is 18.5 Å². The molecular formula is C16H26N2O3. The van der Waals surface area contributed by atoms with E-state index in [0.717, 1.165) is 16.9 Å². The maximum atomic E-state index is 10.9. The van der Waals surface area contributed by atoms with E-state index in [9.17, 15) is 9.90 Å². The molecule has 0 heterocycles. The quantitative estimate of drug-likeness (QED) is 0.674. The van der Waals surface area contributed by atoms with Gasteiger partial charge in [-0.25, -0.2) is 0 Å². The number of hydrogen-bond donors (Lipinski definition) is 3. The normalized spacial score (nSPS) is 13.0. The maximum Gasteiger partial charge on any atom is 0.219 e. The van der Waals surface area contributed by atoms with E-state index in [-0.39, 0.29) is 18.9 Å². The summed E-state index contributed by atoms with van der Waals surface area (Å²) in [6.45, 7) is 8.23. The maximum absolute atomic E-state index is 10.9. The van der Waals surface area contributed by atoms with Crippen LogP contribution in [0.15, 0.2) is 18.2 Å². The zero-order chi connectivity index (χ0) is 16.0. The summed E-state index contributed by atoms with van der Waals surface area (Å²) in [6, 6.07) is 5.92. The van der Waals surface area contributed by atoms with Crippen molar-refractivity contribution in [1.82, 2.24) is 5.32 Å². The van der Waals surface area contributed by atoms with Crippen LogP contribution in [0.3, 0.4) is 0 Å². The van der Waals surface area contributed by atoms with Crippen LogP contribution in [0.1, 0.15) is 31.4 Å². The number of nitrogens with one attached hydrogen (secondary N) is 1. The Morgan fingerprint density at radius 3 is 2.48 bits per heavy atom. The third-order valence-electron chi connectivity index (χ3n) is 3.26. The van der Waals surface area contributed by atoms with Gasteiger partial charge in [0.15, 0.2) is 0 Å². The highest BCUT2D eigenvalue weighted by Gasteiger charge is 2.21. The minimum atomic E-state index is -0.656. The fraction of sp³-hybridized carbons (Fsp3) is 0.562. The number of nitrogens with two attached hydrogens (primary N) is 1. The van der Waals surface area contributed by atoms with Gasteiger partial charge in [0.25, 0.3) is 0 Å². The van der Waals surface area contributed by atoms with Gasteiger partial charge in [0.2, 0.25) is 5.91 Å². The van der Waals surface area contributed by atoms with E-state index < -0.39 is 11.6 Å². The van der Waals surface area contributed by atoms with E-state index >= 15 is 0 Å². The summed E-state index contributed by atoms with van der Waals surface area (Å²) in [7, 11) is 0. The zero-order valence-corrected chi connectivity index (χ0v) is 13.3. The molecular weight excluding hydrogens is 268 g/mol. The Bertz CT molecular complexity index is 466. The first kappa shape index (κ1) is 17.5. The summed E-state index contributed by atoms with van der Waals surface area (Å²) >= 11 is 0. The van der Waals surface area contributed by atoms with E-state index in [1.807, 2.05) is 45.9 Å². The van der Waals surface area contributed by atoms with Crippen LogP contribution in [0.25, 0.3) is 0 Å². The lowest BCUT2D eigenvalue weighted by Gasteiger charge is -2.26. The highest BCUT2D eigenvalue weighted by molar-refractivity contribution is 5.74.